The van der Waals surface area contributed by atoms with Crippen molar-refractivity contribution in [3.63, 3.8) is 0 Å². The molecular formula is C7H14. The summed E-state index contributed by atoms with van der Waals surface area (Å²) in [6, 6.07) is 0. The molecule has 0 atom stereocenters. The van der Waals surface area contributed by atoms with Crippen LogP contribution in [0.3, 0.4) is 0 Å². The fraction of sp³-hybridized carbons (Fsp3) is 0.857. The van der Waals surface area contributed by atoms with Crippen molar-refractivity contribution in [2.24, 2.45) is 0 Å². The van der Waals surface area contributed by atoms with E-state index in [1.165, 1.54) is 25.7 Å². The number of hydrogen-bond acceptors (Lipinski definition) is 0. The summed E-state index contributed by atoms with van der Waals surface area (Å²) in [6.45, 7) is 7.47. The van der Waals surface area contributed by atoms with Crippen LogP contribution in [0.15, 0.2) is 0 Å². The summed E-state index contributed by atoms with van der Waals surface area (Å²) in [6.07, 6.45) is 6.03. The highest BCUT2D eigenvalue weighted by molar-refractivity contribution is 4.41. The molecule has 0 unspecified atom stereocenters. The Hall–Kier alpha value is 0. The van der Waals surface area contributed by atoms with Crippen molar-refractivity contribution in [1.29, 1.82) is 0 Å². The SMILES string of the molecule is [CH]CCCCCC. The van der Waals surface area contributed by atoms with Gasteiger partial charge in [0, 0.05) is 0 Å². The summed E-state index contributed by atoms with van der Waals surface area (Å²) < 4.78 is 0. The first-order valence-electron chi connectivity index (χ1n) is 3.12. The second-order valence-corrected chi connectivity index (χ2v) is 1.85. The molecule has 0 fully saturated rings. The van der Waals surface area contributed by atoms with Gasteiger partial charge in [-0.05, 0) is 13.3 Å². The minimum atomic E-state index is 0.861. The molecule has 0 aromatic heterocycles. The zero-order valence-corrected chi connectivity index (χ0v) is 5.11. The Labute approximate surface area is 46.9 Å². The van der Waals surface area contributed by atoms with Gasteiger partial charge in [0.25, 0.3) is 0 Å². The van der Waals surface area contributed by atoms with Crippen molar-refractivity contribution >= 4 is 0 Å². The van der Waals surface area contributed by atoms with Crippen molar-refractivity contribution < 1.29 is 0 Å². The first kappa shape index (κ1) is 7.00. The first-order chi connectivity index (χ1) is 3.41. The predicted octanol–water partition coefficient (Wildman–Crippen LogP) is 2.67. The summed E-state index contributed by atoms with van der Waals surface area (Å²) in [5, 5.41) is 0. The van der Waals surface area contributed by atoms with Crippen LogP contribution < -0.4 is 0 Å². The molecule has 0 aromatic rings. The third-order valence-electron chi connectivity index (χ3n) is 1.06. The normalized spacial score (nSPS) is 9.43. The fourth-order valence-electron chi connectivity index (χ4n) is 0.571. The van der Waals surface area contributed by atoms with Gasteiger partial charge in [-0.3, -0.25) is 0 Å². The Balaban J connectivity index is 2.45. The summed E-state index contributed by atoms with van der Waals surface area (Å²) in [7, 11) is 0. The van der Waals surface area contributed by atoms with E-state index in [4.69, 9.17) is 6.92 Å². The number of rotatable bonds is 4. The monoisotopic (exact) mass is 98.1 g/mol. The van der Waals surface area contributed by atoms with Crippen LogP contribution in [0.2, 0.25) is 0 Å². The molecule has 7 heavy (non-hydrogen) atoms. The highest BCUT2D eigenvalue weighted by Gasteiger charge is 1.80. The van der Waals surface area contributed by atoms with Gasteiger partial charge in [-0.2, -0.15) is 0 Å². The van der Waals surface area contributed by atoms with E-state index in [-0.39, 0.29) is 0 Å². The minimum Gasteiger partial charge on any atom is -0.0654 e. The lowest BCUT2D eigenvalue weighted by Crippen LogP contribution is -1.71. The van der Waals surface area contributed by atoms with Gasteiger partial charge in [-0.1, -0.05) is 32.6 Å². The molecule has 0 N–H and O–H groups in total. The van der Waals surface area contributed by atoms with Crippen LogP contribution in [0.25, 0.3) is 0 Å². The van der Waals surface area contributed by atoms with Crippen LogP contribution in [0.4, 0.5) is 0 Å². The minimum absolute atomic E-state index is 0.861. The van der Waals surface area contributed by atoms with E-state index in [0.717, 1.165) is 6.42 Å². The molecule has 0 nitrogen and oxygen atoms in total. The predicted molar refractivity (Wildman–Crippen MR) is 33.1 cm³/mol. The summed E-state index contributed by atoms with van der Waals surface area (Å²) in [5.74, 6) is 0. The van der Waals surface area contributed by atoms with Crippen molar-refractivity contribution in [1.82, 2.24) is 0 Å². The number of unbranched alkanes of at least 4 members (excludes halogenated alkanes) is 4. The van der Waals surface area contributed by atoms with Gasteiger partial charge >= 0.3 is 0 Å². The molecule has 0 aliphatic heterocycles. The molecule has 0 spiro atoms. The maximum Gasteiger partial charge on any atom is -0.0352 e. The van der Waals surface area contributed by atoms with Crippen LogP contribution in [0, 0.1) is 6.92 Å². The molecule has 0 bridgehead atoms. The van der Waals surface area contributed by atoms with E-state index in [9.17, 15) is 0 Å². The smallest absolute Gasteiger partial charge is 0.0352 e. The second kappa shape index (κ2) is 6.00. The van der Waals surface area contributed by atoms with Crippen LogP contribution >= 0.6 is 0 Å². The summed E-state index contributed by atoms with van der Waals surface area (Å²) in [5.41, 5.74) is 0. The van der Waals surface area contributed by atoms with E-state index in [2.05, 4.69) is 6.92 Å². The van der Waals surface area contributed by atoms with Gasteiger partial charge in [0.05, 0.1) is 0 Å². The van der Waals surface area contributed by atoms with Crippen molar-refractivity contribution in [2.45, 2.75) is 39.0 Å². The van der Waals surface area contributed by atoms with Gasteiger partial charge in [0.1, 0.15) is 0 Å². The van der Waals surface area contributed by atoms with Gasteiger partial charge in [0.2, 0.25) is 0 Å². The van der Waals surface area contributed by atoms with Crippen LogP contribution in [0.5, 0.6) is 0 Å². The first-order valence-corrected chi connectivity index (χ1v) is 3.12. The summed E-state index contributed by atoms with van der Waals surface area (Å²) >= 11 is 0. The Morgan fingerprint density at radius 1 is 1.14 bits per heavy atom. The van der Waals surface area contributed by atoms with E-state index in [0.29, 0.717) is 0 Å². The largest absolute Gasteiger partial charge is 0.0654 e. The van der Waals surface area contributed by atoms with E-state index < -0.39 is 0 Å². The van der Waals surface area contributed by atoms with E-state index >= 15 is 0 Å². The van der Waals surface area contributed by atoms with E-state index in [1.807, 2.05) is 0 Å². The molecule has 0 aliphatic rings. The second-order valence-electron chi connectivity index (χ2n) is 1.85. The van der Waals surface area contributed by atoms with E-state index in [1.54, 1.807) is 0 Å². The van der Waals surface area contributed by atoms with Crippen LogP contribution in [-0.4, -0.2) is 0 Å². The molecule has 42 valence electrons. The quantitative estimate of drug-likeness (QED) is 0.474. The number of hydrogen-bond donors (Lipinski definition) is 0. The molecule has 0 heteroatoms. The van der Waals surface area contributed by atoms with Crippen molar-refractivity contribution in [3.8, 4) is 0 Å². The fourth-order valence-corrected chi connectivity index (χ4v) is 0.571. The van der Waals surface area contributed by atoms with Crippen LogP contribution in [0.1, 0.15) is 39.0 Å². The molecule has 0 aromatic carbocycles. The third kappa shape index (κ3) is 6.00. The molecule has 0 saturated heterocycles. The van der Waals surface area contributed by atoms with Crippen LogP contribution in [-0.2, 0) is 0 Å². The summed E-state index contributed by atoms with van der Waals surface area (Å²) in [4.78, 5) is 0. The molecule has 2 radical (unpaired) electrons. The Morgan fingerprint density at radius 3 is 2.29 bits per heavy atom. The molecule has 0 aliphatic carbocycles. The molecule has 0 heterocycles. The lowest BCUT2D eigenvalue weighted by molar-refractivity contribution is 0.673. The molecule has 0 rings (SSSR count). The molecular weight excluding hydrogens is 84.1 g/mol. The Morgan fingerprint density at radius 2 is 1.86 bits per heavy atom. The molecule has 0 amide bonds. The van der Waals surface area contributed by atoms with Gasteiger partial charge in [-0.15, -0.1) is 0 Å². The lowest BCUT2D eigenvalue weighted by Gasteiger charge is -1.90. The topological polar surface area (TPSA) is 0 Å². The third-order valence-corrected chi connectivity index (χ3v) is 1.06. The van der Waals surface area contributed by atoms with Gasteiger partial charge in [0.15, 0.2) is 0 Å². The van der Waals surface area contributed by atoms with Crippen molar-refractivity contribution in [3.05, 3.63) is 6.92 Å². The maximum absolute atomic E-state index is 5.27. The highest BCUT2D eigenvalue weighted by Crippen LogP contribution is 1.99. The van der Waals surface area contributed by atoms with Gasteiger partial charge < -0.3 is 0 Å². The average molecular weight is 98.2 g/mol. The Bertz CT molecular complexity index is 19.2. The standard InChI is InChI=1S/C7H14/c1-3-5-7-6-4-2/h1H,3-7H2,2H3. The lowest BCUT2D eigenvalue weighted by atomic mass is 10.2. The highest BCUT2D eigenvalue weighted by atomic mass is 13.9. The van der Waals surface area contributed by atoms with Crippen molar-refractivity contribution in [2.75, 3.05) is 0 Å². The average Bonchev–Trinajstić information content (AvgIpc) is 1.69. The zero-order valence-electron chi connectivity index (χ0n) is 5.11. The van der Waals surface area contributed by atoms with Gasteiger partial charge in [-0.25, -0.2) is 0 Å². The molecule has 0 saturated carbocycles. The Kier molecular flexibility index (Phi) is 6.00. The maximum atomic E-state index is 5.27. The zero-order chi connectivity index (χ0) is 5.54.